The second-order valence-electron chi connectivity index (χ2n) is 8.27. The number of Topliss-reactive ketones (excluding diaryl/α,β-unsaturated/α-hetero) is 3. The van der Waals surface area contributed by atoms with Gasteiger partial charge in [-0.3, -0.25) is 14.4 Å². The lowest BCUT2D eigenvalue weighted by Gasteiger charge is -2.26. The maximum atomic E-state index is 13.9. The van der Waals surface area contributed by atoms with Gasteiger partial charge in [-0.2, -0.15) is 0 Å². The molecule has 4 nitrogen and oxygen atoms in total. The van der Waals surface area contributed by atoms with E-state index in [1.165, 1.54) is 0 Å². The number of para-hydroxylation sites is 1. The molecule has 4 aromatic carbocycles. The van der Waals surface area contributed by atoms with Crippen LogP contribution in [-0.2, 0) is 0 Å². The summed E-state index contributed by atoms with van der Waals surface area (Å²) in [5, 5.41) is 0. The molecule has 0 aromatic heterocycles. The van der Waals surface area contributed by atoms with Gasteiger partial charge in [0.15, 0.2) is 17.7 Å². The van der Waals surface area contributed by atoms with Crippen molar-refractivity contribution in [2.24, 2.45) is 5.92 Å². The summed E-state index contributed by atoms with van der Waals surface area (Å²) >= 11 is 0. The minimum absolute atomic E-state index is 0.256. The van der Waals surface area contributed by atoms with E-state index < -0.39 is 17.9 Å². The molecule has 1 heterocycles. The Morgan fingerprint density at radius 1 is 0.559 bits per heavy atom. The molecule has 0 amide bonds. The van der Waals surface area contributed by atoms with E-state index in [2.05, 4.69) is 0 Å². The van der Waals surface area contributed by atoms with Crippen molar-refractivity contribution in [3.63, 3.8) is 0 Å². The molecule has 1 aliphatic rings. The minimum atomic E-state index is -1.12. The maximum absolute atomic E-state index is 13.9. The van der Waals surface area contributed by atoms with E-state index in [0.29, 0.717) is 28.0 Å². The van der Waals surface area contributed by atoms with Gasteiger partial charge in [0.25, 0.3) is 0 Å². The van der Waals surface area contributed by atoms with E-state index in [4.69, 9.17) is 4.74 Å². The fourth-order valence-corrected chi connectivity index (χ4v) is 4.58. The van der Waals surface area contributed by atoms with E-state index in [1.807, 2.05) is 36.4 Å². The highest BCUT2D eigenvalue weighted by molar-refractivity contribution is 6.17. The molecule has 1 aliphatic heterocycles. The van der Waals surface area contributed by atoms with Crippen LogP contribution in [0, 0.1) is 5.92 Å². The zero-order valence-corrected chi connectivity index (χ0v) is 18.3. The molecule has 2 unspecified atom stereocenters. The van der Waals surface area contributed by atoms with E-state index in [9.17, 15) is 14.4 Å². The van der Waals surface area contributed by atoms with Crippen molar-refractivity contribution in [2.45, 2.75) is 12.0 Å². The third-order valence-electron chi connectivity index (χ3n) is 6.22. The molecule has 5 rings (SSSR count). The van der Waals surface area contributed by atoms with Gasteiger partial charge in [-0.15, -0.1) is 0 Å². The Morgan fingerprint density at radius 3 is 1.53 bits per heavy atom. The number of carbonyl (C=O) groups is 3. The predicted octanol–water partition coefficient (Wildman–Crippen LogP) is 5.80. The van der Waals surface area contributed by atoms with Crippen molar-refractivity contribution in [3.05, 3.63) is 138 Å². The molecule has 166 valence electrons. The Balaban J connectivity index is 1.66. The topological polar surface area (TPSA) is 60.4 Å². The SMILES string of the molecule is O=C(c1ccccc1)C1Oc2ccccc2C1C(C(=O)c1ccccc1)C(=O)c1ccccc1. The monoisotopic (exact) mass is 446 g/mol. The predicted molar refractivity (Wildman–Crippen MR) is 129 cm³/mol. The third-order valence-corrected chi connectivity index (χ3v) is 6.22. The number of rotatable bonds is 7. The Morgan fingerprint density at radius 2 is 1.00 bits per heavy atom. The quantitative estimate of drug-likeness (QED) is 0.266. The molecule has 4 aromatic rings. The van der Waals surface area contributed by atoms with Gasteiger partial charge in [0.1, 0.15) is 5.75 Å². The van der Waals surface area contributed by atoms with Gasteiger partial charge in [0.05, 0.1) is 5.92 Å². The Hall–Kier alpha value is -4.31. The molecule has 0 N–H and O–H groups in total. The molecule has 4 heteroatoms. The first-order valence-corrected chi connectivity index (χ1v) is 11.2. The van der Waals surface area contributed by atoms with Crippen molar-refractivity contribution in [3.8, 4) is 5.75 Å². The Labute approximate surface area is 197 Å². The summed E-state index contributed by atoms with van der Waals surface area (Å²) in [6.45, 7) is 0. The highest BCUT2D eigenvalue weighted by Crippen LogP contribution is 2.45. The van der Waals surface area contributed by atoms with E-state index in [0.717, 1.165) is 0 Å². The van der Waals surface area contributed by atoms with Crippen LogP contribution in [-0.4, -0.2) is 23.5 Å². The van der Waals surface area contributed by atoms with Gasteiger partial charge in [-0.05, 0) is 6.07 Å². The summed E-state index contributed by atoms with van der Waals surface area (Å²) in [7, 11) is 0. The van der Waals surface area contributed by atoms with Crippen LogP contribution in [0.25, 0.3) is 0 Å². The van der Waals surface area contributed by atoms with Crippen LogP contribution in [0.15, 0.2) is 115 Å². The smallest absolute Gasteiger partial charge is 0.203 e. The first-order valence-electron chi connectivity index (χ1n) is 11.2. The zero-order chi connectivity index (χ0) is 23.5. The molecular weight excluding hydrogens is 424 g/mol. The highest BCUT2D eigenvalue weighted by atomic mass is 16.5. The largest absolute Gasteiger partial charge is 0.481 e. The fourth-order valence-electron chi connectivity index (χ4n) is 4.58. The highest BCUT2D eigenvalue weighted by Gasteiger charge is 2.49. The van der Waals surface area contributed by atoms with E-state index in [-0.39, 0.29) is 17.3 Å². The third kappa shape index (κ3) is 3.95. The van der Waals surface area contributed by atoms with Crippen LogP contribution >= 0.6 is 0 Å². The van der Waals surface area contributed by atoms with Crippen LogP contribution < -0.4 is 4.74 Å². The lowest BCUT2D eigenvalue weighted by molar-refractivity contribution is 0.0669. The minimum Gasteiger partial charge on any atom is -0.481 e. The summed E-state index contributed by atoms with van der Waals surface area (Å²) < 4.78 is 6.13. The van der Waals surface area contributed by atoms with Crippen molar-refractivity contribution in [1.82, 2.24) is 0 Å². The first-order chi connectivity index (χ1) is 16.6. The van der Waals surface area contributed by atoms with Gasteiger partial charge >= 0.3 is 0 Å². The first kappa shape index (κ1) is 21.5. The second kappa shape index (κ2) is 9.28. The maximum Gasteiger partial charge on any atom is 0.203 e. The van der Waals surface area contributed by atoms with Crippen LogP contribution in [0.1, 0.15) is 42.6 Å². The number of hydrogen-bond acceptors (Lipinski definition) is 4. The van der Waals surface area contributed by atoms with Gasteiger partial charge in [0.2, 0.25) is 5.78 Å². The van der Waals surface area contributed by atoms with Crippen molar-refractivity contribution < 1.29 is 19.1 Å². The van der Waals surface area contributed by atoms with Crippen LogP contribution in [0.2, 0.25) is 0 Å². The second-order valence-corrected chi connectivity index (χ2v) is 8.27. The molecular formula is C30H22O4. The van der Waals surface area contributed by atoms with Crippen LogP contribution in [0.5, 0.6) is 5.75 Å². The number of benzene rings is 4. The lowest BCUT2D eigenvalue weighted by Crippen LogP contribution is -2.40. The van der Waals surface area contributed by atoms with Gasteiger partial charge in [-0.1, -0.05) is 109 Å². The van der Waals surface area contributed by atoms with Crippen LogP contribution in [0.3, 0.4) is 0 Å². The number of ketones is 3. The molecule has 0 saturated heterocycles. The molecule has 2 atom stereocenters. The van der Waals surface area contributed by atoms with Crippen LogP contribution in [0.4, 0.5) is 0 Å². The zero-order valence-electron chi connectivity index (χ0n) is 18.3. The normalized spacial score (nSPS) is 16.5. The molecule has 0 radical (unpaired) electrons. The Bertz CT molecular complexity index is 1280. The summed E-state index contributed by atoms with van der Waals surface area (Å²) in [5.41, 5.74) is 2.01. The fraction of sp³-hybridized carbons (Fsp3) is 0.100. The standard InChI is InChI=1S/C30H22O4/c31-27(20-12-4-1-5-13-20)26(28(32)21-14-6-2-7-15-21)25-23-18-10-11-19-24(23)34-30(25)29(33)22-16-8-3-9-17-22/h1-19,25-26,30H. The summed E-state index contributed by atoms with van der Waals surface area (Å²) in [6.07, 6.45) is -0.995. The average Bonchev–Trinajstić information content (AvgIpc) is 3.29. The molecule has 34 heavy (non-hydrogen) atoms. The molecule has 0 saturated carbocycles. The number of carbonyl (C=O) groups excluding carboxylic acids is 3. The average molecular weight is 447 g/mol. The lowest BCUT2D eigenvalue weighted by atomic mass is 9.74. The summed E-state index contributed by atoms with van der Waals surface area (Å²) in [6, 6.07) is 33.6. The van der Waals surface area contributed by atoms with Crippen molar-refractivity contribution in [1.29, 1.82) is 0 Å². The number of ether oxygens (including phenoxy) is 1. The summed E-state index contributed by atoms with van der Waals surface area (Å²) in [4.78, 5) is 41.3. The van der Waals surface area contributed by atoms with Gasteiger partial charge in [0, 0.05) is 28.2 Å². The molecule has 0 bridgehead atoms. The number of hydrogen-bond donors (Lipinski definition) is 0. The summed E-state index contributed by atoms with van der Waals surface area (Å²) in [5.74, 6) is -2.27. The molecule has 0 aliphatic carbocycles. The molecule has 0 spiro atoms. The van der Waals surface area contributed by atoms with Gasteiger partial charge in [-0.25, -0.2) is 0 Å². The number of fused-ring (bicyclic) bond motifs is 1. The van der Waals surface area contributed by atoms with Crippen molar-refractivity contribution in [2.75, 3.05) is 0 Å². The Kier molecular flexibility index (Phi) is 5.88. The van der Waals surface area contributed by atoms with E-state index >= 15 is 0 Å². The van der Waals surface area contributed by atoms with E-state index in [1.54, 1.807) is 78.9 Å². The molecule has 0 fully saturated rings. The van der Waals surface area contributed by atoms with Crippen molar-refractivity contribution >= 4 is 17.3 Å². The van der Waals surface area contributed by atoms with Gasteiger partial charge < -0.3 is 4.74 Å².